The zero-order valence-electron chi connectivity index (χ0n) is 11.3. The Hall–Kier alpha value is -2.06. The van der Waals surface area contributed by atoms with Gasteiger partial charge in [-0.15, -0.1) is 0 Å². The summed E-state index contributed by atoms with van der Waals surface area (Å²) in [6.45, 7) is 0.558. The van der Waals surface area contributed by atoms with Crippen molar-refractivity contribution in [3.63, 3.8) is 0 Å². The van der Waals surface area contributed by atoms with E-state index in [0.717, 1.165) is 11.5 Å². The second-order valence-electron chi connectivity index (χ2n) is 4.58. The molecule has 0 amide bonds. The first-order valence-electron chi connectivity index (χ1n) is 5.88. The number of aromatic nitrogens is 2. The van der Waals surface area contributed by atoms with Gasteiger partial charge in [-0.25, -0.2) is 18.5 Å². The van der Waals surface area contributed by atoms with Crippen LogP contribution in [-0.2, 0) is 23.6 Å². The zero-order valence-corrected chi connectivity index (χ0v) is 12.1. The highest BCUT2D eigenvalue weighted by atomic mass is 32.2. The molecule has 20 heavy (non-hydrogen) atoms. The molecule has 1 aromatic heterocycles. The summed E-state index contributed by atoms with van der Waals surface area (Å²) in [5.74, 6) is 0.877. The van der Waals surface area contributed by atoms with Crippen LogP contribution in [0.1, 0.15) is 5.82 Å². The minimum atomic E-state index is -3.74. The molecule has 0 aliphatic rings. The van der Waals surface area contributed by atoms with Crippen molar-refractivity contribution >= 4 is 21.4 Å². The lowest BCUT2D eigenvalue weighted by atomic mass is 10.2. The lowest BCUT2D eigenvalue weighted by molar-refractivity contribution is 0.598. The maximum atomic E-state index is 11.3. The lowest BCUT2D eigenvalue weighted by Gasteiger charge is -2.21. The molecule has 2 aromatic rings. The highest BCUT2D eigenvalue weighted by Crippen LogP contribution is 2.25. The summed E-state index contributed by atoms with van der Waals surface area (Å²) in [5, 5.41) is 5.07. The first-order valence-corrected chi connectivity index (χ1v) is 7.43. The highest BCUT2D eigenvalue weighted by Gasteiger charge is 2.13. The Morgan fingerprint density at radius 3 is 2.60 bits per heavy atom. The van der Waals surface area contributed by atoms with E-state index in [1.807, 2.05) is 29.8 Å². The Labute approximate surface area is 117 Å². The number of hydrogen-bond acceptors (Lipinski definition) is 5. The van der Waals surface area contributed by atoms with Crippen LogP contribution in [0.25, 0.3) is 0 Å². The number of primary sulfonamides is 1. The third kappa shape index (κ3) is 2.91. The predicted octanol–water partition coefficient (Wildman–Crippen LogP) is 0.286. The van der Waals surface area contributed by atoms with Gasteiger partial charge in [0, 0.05) is 26.5 Å². The van der Waals surface area contributed by atoms with Gasteiger partial charge in [0.1, 0.15) is 5.82 Å². The van der Waals surface area contributed by atoms with E-state index in [4.69, 9.17) is 10.9 Å². The fourth-order valence-corrected chi connectivity index (χ4v) is 2.45. The van der Waals surface area contributed by atoms with E-state index in [9.17, 15) is 8.42 Å². The van der Waals surface area contributed by atoms with Gasteiger partial charge < -0.3 is 15.2 Å². The van der Waals surface area contributed by atoms with E-state index in [-0.39, 0.29) is 4.90 Å². The Morgan fingerprint density at radius 1 is 1.40 bits per heavy atom. The zero-order chi connectivity index (χ0) is 14.9. The number of rotatable bonds is 4. The largest absolute Gasteiger partial charge is 0.397 e. The normalized spacial score (nSPS) is 11.6. The molecule has 0 unspecified atom stereocenters. The van der Waals surface area contributed by atoms with Crippen molar-refractivity contribution in [3.8, 4) is 0 Å². The first-order chi connectivity index (χ1) is 9.29. The van der Waals surface area contributed by atoms with Gasteiger partial charge in [-0.3, -0.25) is 0 Å². The molecule has 0 atom stereocenters. The van der Waals surface area contributed by atoms with Crippen LogP contribution >= 0.6 is 0 Å². The Bertz CT molecular complexity index is 723. The second kappa shape index (κ2) is 5.14. The van der Waals surface area contributed by atoms with E-state index in [1.54, 1.807) is 12.3 Å². The predicted molar refractivity (Wildman–Crippen MR) is 77.5 cm³/mol. The minimum Gasteiger partial charge on any atom is -0.397 e. The van der Waals surface area contributed by atoms with Crippen LogP contribution in [0.5, 0.6) is 0 Å². The molecule has 0 aliphatic carbocycles. The van der Waals surface area contributed by atoms with Crippen molar-refractivity contribution in [3.05, 3.63) is 36.4 Å². The van der Waals surface area contributed by atoms with Crippen LogP contribution in [0.3, 0.4) is 0 Å². The van der Waals surface area contributed by atoms with Gasteiger partial charge in [0.25, 0.3) is 0 Å². The van der Waals surface area contributed by atoms with E-state index < -0.39 is 10.0 Å². The molecule has 0 saturated heterocycles. The number of aryl methyl sites for hydroxylation is 1. The topological polar surface area (TPSA) is 107 Å². The quantitative estimate of drug-likeness (QED) is 0.788. The van der Waals surface area contributed by atoms with Crippen LogP contribution in [0.15, 0.2) is 35.5 Å². The van der Waals surface area contributed by atoms with Crippen LogP contribution in [-0.4, -0.2) is 25.0 Å². The van der Waals surface area contributed by atoms with Gasteiger partial charge in [-0.05, 0) is 18.2 Å². The maximum absolute atomic E-state index is 11.3. The van der Waals surface area contributed by atoms with E-state index in [1.165, 1.54) is 12.1 Å². The molecule has 1 heterocycles. The summed E-state index contributed by atoms with van der Waals surface area (Å²) < 4.78 is 24.4. The van der Waals surface area contributed by atoms with Gasteiger partial charge in [-0.2, -0.15) is 0 Å². The van der Waals surface area contributed by atoms with E-state index in [2.05, 4.69) is 4.98 Å². The summed E-state index contributed by atoms with van der Waals surface area (Å²) in [6, 6.07) is 4.44. The standard InChI is InChI=1S/C12H17N5O2S/c1-16-6-5-15-12(16)8-17(2)11-4-3-9(7-10(11)13)20(14,18)19/h3-7H,8,13H2,1-2H3,(H2,14,18,19). The monoisotopic (exact) mass is 295 g/mol. The fourth-order valence-electron chi connectivity index (χ4n) is 1.90. The molecule has 4 N–H and O–H groups in total. The van der Waals surface area contributed by atoms with Crippen molar-refractivity contribution in [2.24, 2.45) is 12.2 Å². The van der Waals surface area contributed by atoms with Crippen molar-refractivity contribution in [2.75, 3.05) is 17.7 Å². The number of sulfonamides is 1. The molecule has 8 heteroatoms. The number of benzene rings is 1. The van der Waals surface area contributed by atoms with Crippen molar-refractivity contribution in [2.45, 2.75) is 11.4 Å². The number of imidazole rings is 1. The number of nitrogens with two attached hydrogens (primary N) is 2. The number of nitrogens with zero attached hydrogens (tertiary/aromatic N) is 3. The van der Waals surface area contributed by atoms with E-state index in [0.29, 0.717) is 12.2 Å². The SMILES string of the molecule is CN(Cc1nccn1C)c1ccc(S(N)(=O)=O)cc1N. The van der Waals surface area contributed by atoms with Gasteiger partial charge in [0.05, 0.1) is 22.8 Å². The average molecular weight is 295 g/mol. The van der Waals surface area contributed by atoms with Gasteiger partial charge >= 0.3 is 0 Å². The van der Waals surface area contributed by atoms with Crippen molar-refractivity contribution in [1.29, 1.82) is 0 Å². The van der Waals surface area contributed by atoms with Gasteiger partial charge in [0.15, 0.2) is 0 Å². The molecule has 0 bridgehead atoms. The number of anilines is 2. The minimum absolute atomic E-state index is 0.00383. The smallest absolute Gasteiger partial charge is 0.238 e. The third-order valence-corrected chi connectivity index (χ3v) is 3.95. The molecule has 2 rings (SSSR count). The van der Waals surface area contributed by atoms with Crippen LogP contribution in [0.4, 0.5) is 11.4 Å². The molecular formula is C12H17N5O2S. The van der Waals surface area contributed by atoms with Crippen LogP contribution in [0.2, 0.25) is 0 Å². The summed E-state index contributed by atoms with van der Waals surface area (Å²) in [6.07, 6.45) is 3.58. The summed E-state index contributed by atoms with van der Waals surface area (Å²) in [5.41, 5.74) is 6.97. The molecule has 0 fully saturated rings. The van der Waals surface area contributed by atoms with E-state index >= 15 is 0 Å². The molecular weight excluding hydrogens is 278 g/mol. The molecule has 0 aliphatic heterocycles. The molecule has 108 valence electrons. The molecule has 0 radical (unpaired) electrons. The Morgan fingerprint density at radius 2 is 2.10 bits per heavy atom. The highest BCUT2D eigenvalue weighted by molar-refractivity contribution is 7.89. The average Bonchev–Trinajstić information content (AvgIpc) is 2.73. The molecule has 0 spiro atoms. The van der Waals surface area contributed by atoms with Gasteiger partial charge in [-0.1, -0.05) is 0 Å². The lowest BCUT2D eigenvalue weighted by Crippen LogP contribution is -2.20. The molecule has 0 saturated carbocycles. The number of hydrogen-bond donors (Lipinski definition) is 2. The van der Waals surface area contributed by atoms with Crippen LogP contribution in [0, 0.1) is 0 Å². The summed E-state index contributed by atoms with van der Waals surface area (Å²) in [7, 11) is 0.0251. The first kappa shape index (κ1) is 14.4. The Balaban J connectivity index is 2.27. The molecule has 1 aromatic carbocycles. The summed E-state index contributed by atoms with van der Waals surface area (Å²) in [4.78, 5) is 6.13. The fraction of sp³-hybridized carbons (Fsp3) is 0.250. The van der Waals surface area contributed by atoms with Crippen molar-refractivity contribution < 1.29 is 8.42 Å². The summed E-state index contributed by atoms with van der Waals surface area (Å²) >= 11 is 0. The van der Waals surface area contributed by atoms with Crippen molar-refractivity contribution in [1.82, 2.24) is 9.55 Å². The molecule has 7 nitrogen and oxygen atoms in total. The van der Waals surface area contributed by atoms with Crippen LogP contribution < -0.4 is 15.8 Å². The maximum Gasteiger partial charge on any atom is 0.238 e. The Kier molecular flexibility index (Phi) is 3.69. The third-order valence-electron chi connectivity index (χ3n) is 3.04. The second-order valence-corrected chi connectivity index (χ2v) is 6.14. The van der Waals surface area contributed by atoms with Gasteiger partial charge in [0.2, 0.25) is 10.0 Å². The number of nitrogen functional groups attached to an aromatic ring is 1.